The van der Waals surface area contributed by atoms with E-state index in [1.165, 1.54) is 30.3 Å². The summed E-state index contributed by atoms with van der Waals surface area (Å²) in [4.78, 5) is 14.8. The molecule has 0 bridgehead atoms. The Morgan fingerprint density at radius 3 is 2.75 bits per heavy atom. The fourth-order valence-corrected chi connectivity index (χ4v) is 4.40. The number of thioether (sulfide) groups is 1. The third-order valence-corrected chi connectivity index (χ3v) is 6.18. The molecular weight excluding hydrogens is 377 g/mol. The van der Waals surface area contributed by atoms with Crippen molar-refractivity contribution in [3.63, 3.8) is 0 Å². The number of fused-ring (bicyclic) bond motifs is 1. The van der Waals surface area contributed by atoms with Crippen molar-refractivity contribution in [3.8, 4) is 11.4 Å². The van der Waals surface area contributed by atoms with Gasteiger partial charge < -0.3 is 4.90 Å². The molecule has 6 nitrogen and oxygen atoms in total. The molecule has 0 N–H and O–H groups in total. The average molecular weight is 399 g/mol. The van der Waals surface area contributed by atoms with Crippen LogP contribution in [0.4, 0.5) is 4.39 Å². The van der Waals surface area contributed by atoms with Crippen molar-refractivity contribution in [1.82, 2.24) is 24.7 Å². The van der Waals surface area contributed by atoms with Crippen LogP contribution in [0, 0.1) is 5.82 Å². The summed E-state index contributed by atoms with van der Waals surface area (Å²) in [5.41, 5.74) is 1.19. The SMILES string of the molecule is CC[C@@H](Sc1ccc2nnc(-c3cccc(F)c3)n2n1)C(=O)N1CCCCC1. The Hall–Kier alpha value is -2.48. The number of hydrogen-bond donors (Lipinski definition) is 0. The summed E-state index contributed by atoms with van der Waals surface area (Å²) in [7, 11) is 0. The van der Waals surface area contributed by atoms with E-state index in [9.17, 15) is 9.18 Å². The number of carbonyl (C=O) groups is 1. The van der Waals surface area contributed by atoms with E-state index in [1.807, 2.05) is 24.0 Å². The van der Waals surface area contributed by atoms with Gasteiger partial charge in [0.2, 0.25) is 5.91 Å². The number of aromatic nitrogens is 4. The first-order valence-corrected chi connectivity index (χ1v) is 10.5. The summed E-state index contributed by atoms with van der Waals surface area (Å²) in [6, 6.07) is 9.88. The molecule has 0 radical (unpaired) electrons. The Balaban J connectivity index is 1.60. The van der Waals surface area contributed by atoms with Crippen LogP contribution in [0.25, 0.3) is 17.0 Å². The zero-order valence-electron chi connectivity index (χ0n) is 15.7. The van der Waals surface area contributed by atoms with Crippen LogP contribution in [-0.2, 0) is 4.79 Å². The second-order valence-corrected chi connectivity index (χ2v) is 8.10. The van der Waals surface area contributed by atoms with Gasteiger partial charge >= 0.3 is 0 Å². The van der Waals surface area contributed by atoms with E-state index >= 15 is 0 Å². The molecule has 28 heavy (non-hydrogen) atoms. The number of piperidine rings is 1. The quantitative estimate of drug-likeness (QED) is 0.611. The molecule has 146 valence electrons. The van der Waals surface area contributed by atoms with E-state index < -0.39 is 0 Å². The number of benzene rings is 1. The summed E-state index contributed by atoms with van der Waals surface area (Å²) in [6.07, 6.45) is 4.09. The van der Waals surface area contributed by atoms with Crippen LogP contribution >= 0.6 is 11.8 Å². The molecule has 8 heteroatoms. The first-order valence-electron chi connectivity index (χ1n) is 9.59. The van der Waals surface area contributed by atoms with Crippen molar-refractivity contribution in [1.29, 1.82) is 0 Å². The van der Waals surface area contributed by atoms with Gasteiger partial charge in [-0.1, -0.05) is 30.8 Å². The standard InChI is InChI=1S/C20H22FN5OS/c1-2-16(20(27)25-11-4-3-5-12-25)28-18-10-9-17-22-23-19(26(17)24-18)14-7-6-8-15(21)13-14/h6-10,13,16H,2-5,11-12H2,1H3/t16-/m1/s1. The minimum Gasteiger partial charge on any atom is -0.342 e. The second-order valence-electron chi connectivity index (χ2n) is 6.88. The normalized spacial score (nSPS) is 15.7. The lowest BCUT2D eigenvalue weighted by molar-refractivity contribution is -0.131. The molecule has 0 unspecified atom stereocenters. The largest absolute Gasteiger partial charge is 0.342 e. The average Bonchev–Trinajstić information content (AvgIpc) is 3.15. The molecule has 3 aromatic rings. The Bertz CT molecular complexity index is 986. The van der Waals surface area contributed by atoms with E-state index in [0.717, 1.165) is 37.4 Å². The number of rotatable bonds is 5. The van der Waals surface area contributed by atoms with Gasteiger partial charge in [-0.2, -0.15) is 9.61 Å². The van der Waals surface area contributed by atoms with E-state index in [4.69, 9.17) is 0 Å². The lowest BCUT2D eigenvalue weighted by Gasteiger charge is -2.29. The van der Waals surface area contributed by atoms with Crippen LogP contribution in [0.2, 0.25) is 0 Å². The monoisotopic (exact) mass is 399 g/mol. The number of hydrogen-bond acceptors (Lipinski definition) is 5. The van der Waals surface area contributed by atoms with E-state index in [-0.39, 0.29) is 17.0 Å². The maximum atomic E-state index is 13.6. The van der Waals surface area contributed by atoms with Crippen molar-refractivity contribution in [3.05, 3.63) is 42.2 Å². The molecule has 1 saturated heterocycles. The first-order chi connectivity index (χ1) is 13.7. The lowest BCUT2D eigenvalue weighted by Crippen LogP contribution is -2.40. The highest BCUT2D eigenvalue weighted by molar-refractivity contribution is 8.00. The van der Waals surface area contributed by atoms with Gasteiger partial charge in [-0.05, 0) is 49.9 Å². The van der Waals surface area contributed by atoms with Gasteiger partial charge in [0.15, 0.2) is 11.5 Å². The van der Waals surface area contributed by atoms with Gasteiger partial charge in [-0.15, -0.1) is 10.2 Å². The maximum Gasteiger partial charge on any atom is 0.236 e. The van der Waals surface area contributed by atoms with Crippen LogP contribution in [-0.4, -0.2) is 49.0 Å². The minimum absolute atomic E-state index is 0.169. The number of carbonyl (C=O) groups excluding carboxylic acids is 1. The fourth-order valence-electron chi connectivity index (χ4n) is 3.41. The third-order valence-electron chi connectivity index (χ3n) is 4.90. The molecule has 1 aliphatic rings. The summed E-state index contributed by atoms with van der Waals surface area (Å²) >= 11 is 1.46. The molecule has 1 amide bonds. The minimum atomic E-state index is -0.335. The third kappa shape index (κ3) is 3.87. The molecule has 1 aliphatic heterocycles. The summed E-state index contributed by atoms with van der Waals surface area (Å²) < 4.78 is 15.2. The van der Waals surface area contributed by atoms with Gasteiger partial charge in [0.05, 0.1) is 5.25 Å². The second kappa shape index (κ2) is 8.26. The van der Waals surface area contributed by atoms with Gasteiger partial charge in [-0.3, -0.25) is 4.79 Å². The molecule has 2 aromatic heterocycles. The topological polar surface area (TPSA) is 63.4 Å². The van der Waals surface area contributed by atoms with Crippen molar-refractivity contribution in [2.75, 3.05) is 13.1 Å². The van der Waals surface area contributed by atoms with Gasteiger partial charge in [0, 0.05) is 18.7 Å². The van der Waals surface area contributed by atoms with E-state index in [0.29, 0.717) is 17.0 Å². The molecule has 1 fully saturated rings. The maximum absolute atomic E-state index is 13.6. The first kappa shape index (κ1) is 18.9. The molecule has 0 saturated carbocycles. The summed E-state index contributed by atoms with van der Waals surface area (Å²) in [6.45, 7) is 3.71. The van der Waals surface area contributed by atoms with Crippen molar-refractivity contribution in [2.45, 2.75) is 42.9 Å². The zero-order chi connectivity index (χ0) is 19.5. The van der Waals surface area contributed by atoms with Crippen molar-refractivity contribution < 1.29 is 9.18 Å². The summed E-state index contributed by atoms with van der Waals surface area (Å²) in [5.74, 6) is 0.327. The van der Waals surface area contributed by atoms with Crippen LogP contribution in [0.3, 0.4) is 0 Å². The molecule has 0 aliphatic carbocycles. The Morgan fingerprint density at radius 2 is 2.00 bits per heavy atom. The highest BCUT2D eigenvalue weighted by Gasteiger charge is 2.26. The number of halogens is 1. The molecule has 1 atom stereocenters. The van der Waals surface area contributed by atoms with Gasteiger partial charge in [0.25, 0.3) is 0 Å². The molecule has 4 rings (SSSR count). The van der Waals surface area contributed by atoms with E-state index in [1.54, 1.807) is 16.6 Å². The predicted octanol–water partition coefficient (Wildman–Crippen LogP) is 3.81. The van der Waals surface area contributed by atoms with Crippen LogP contribution in [0.5, 0.6) is 0 Å². The van der Waals surface area contributed by atoms with E-state index in [2.05, 4.69) is 15.3 Å². The van der Waals surface area contributed by atoms with Crippen molar-refractivity contribution >= 4 is 23.3 Å². The predicted molar refractivity (Wildman–Crippen MR) is 107 cm³/mol. The van der Waals surface area contributed by atoms with Crippen LogP contribution in [0.15, 0.2) is 41.4 Å². The molecule has 3 heterocycles. The number of nitrogens with zero attached hydrogens (tertiary/aromatic N) is 5. The van der Waals surface area contributed by atoms with Gasteiger partial charge in [0.1, 0.15) is 10.8 Å². The van der Waals surface area contributed by atoms with Crippen molar-refractivity contribution in [2.24, 2.45) is 0 Å². The van der Waals surface area contributed by atoms with Gasteiger partial charge in [-0.25, -0.2) is 4.39 Å². The number of likely N-dealkylation sites (tertiary alicyclic amines) is 1. The lowest BCUT2D eigenvalue weighted by atomic mass is 10.1. The Morgan fingerprint density at radius 1 is 1.18 bits per heavy atom. The zero-order valence-corrected chi connectivity index (χ0v) is 16.5. The molecular formula is C20H22FN5OS. The highest BCUT2D eigenvalue weighted by Crippen LogP contribution is 2.27. The highest BCUT2D eigenvalue weighted by atomic mass is 32.2. The smallest absolute Gasteiger partial charge is 0.236 e. The Labute approximate surface area is 167 Å². The number of amides is 1. The molecule has 0 spiro atoms. The fraction of sp³-hybridized carbons (Fsp3) is 0.400. The van der Waals surface area contributed by atoms with Crippen LogP contribution in [0.1, 0.15) is 32.6 Å². The Kier molecular flexibility index (Phi) is 5.57. The van der Waals surface area contributed by atoms with Crippen LogP contribution < -0.4 is 0 Å². The molecule has 1 aromatic carbocycles. The summed E-state index contributed by atoms with van der Waals surface area (Å²) in [5, 5.41) is 13.4.